The fraction of sp³-hybridized carbons (Fsp3) is 0.857. The lowest BCUT2D eigenvalue weighted by Gasteiger charge is -2.30. The molecular formula is C14H25N. The number of hydrogen-bond donors (Lipinski definition) is 0. The van der Waals surface area contributed by atoms with E-state index in [-0.39, 0.29) is 0 Å². The molecule has 0 bridgehead atoms. The lowest BCUT2D eigenvalue weighted by Crippen LogP contribution is -2.30. The molecule has 15 heavy (non-hydrogen) atoms. The van der Waals surface area contributed by atoms with Gasteiger partial charge in [0.25, 0.3) is 0 Å². The van der Waals surface area contributed by atoms with Crippen molar-refractivity contribution in [1.82, 2.24) is 4.90 Å². The summed E-state index contributed by atoms with van der Waals surface area (Å²) in [5.41, 5.74) is 1.80. The maximum Gasteiger partial charge on any atom is -0.00161 e. The Hall–Kier alpha value is -0.300. The van der Waals surface area contributed by atoms with Gasteiger partial charge in [-0.25, -0.2) is 0 Å². The summed E-state index contributed by atoms with van der Waals surface area (Å²) in [6.45, 7) is 5.01. The van der Waals surface area contributed by atoms with Crippen LogP contribution in [0.5, 0.6) is 0 Å². The lowest BCUT2D eigenvalue weighted by molar-refractivity contribution is 0.235. The first-order valence-corrected chi connectivity index (χ1v) is 6.63. The number of hydrogen-bond acceptors (Lipinski definition) is 1. The number of likely N-dealkylation sites (tertiary alicyclic amines) is 1. The van der Waals surface area contributed by atoms with Gasteiger partial charge in [-0.1, -0.05) is 18.6 Å². The molecule has 1 heteroatoms. The summed E-state index contributed by atoms with van der Waals surface area (Å²) in [5, 5.41) is 0. The van der Waals surface area contributed by atoms with Gasteiger partial charge < -0.3 is 4.90 Å². The van der Waals surface area contributed by atoms with Crippen molar-refractivity contribution in [3.05, 3.63) is 11.6 Å². The van der Waals surface area contributed by atoms with Gasteiger partial charge in [0, 0.05) is 0 Å². The summed E-state index contributed by atoms with van der Waals surface area (Å²) in [6.07, 6.45) is 10.9. The minimum Gasteiger partial charge on any atom is -0.306 e. The van der Waals surface area contributed by atoms with E-state index in [1.807, 2.05) is 0 Å². The van der Waals surface area contributed by atoms with Crippen LogP contribution in [0.25, 0.3) is 0 Å². The van der Waals surface area contributed by atoms with Crippen molar-refractivity contribution in [2.24, 2.45) is 11.8 Å². The number of rotatable bonds is 1. The molecule has 1 unspecified atom stereocenters. The predicted molar refractivity (Wildman–Crippen MR) is 65.9 cm³/mol. The highest BCUT2D eigenvalue weighted by atomic mass is 15.1. The van der Waals surface area contributed by atoms with Crippen LogP contribution in [0.1, 0.15) is 45.4 Å². The molecule has 1 aliphatic carbocycles. The zero-order chi connectivity index (χ0) is 10.7. The SMILES string of the molecule is CC1CCC=C(C2CCN(C)CC2)CC1. The van der Waals surface area contributed by atoms with Crippen LogP contribution < -0.4 is 0 Å². The minimum absolute atomic E-state index is 0.923. The Bertz CT molecular complexity index is 223. The van der Waals surface area contributed by atoms with Crippen LogP contribution in [-0.2, 0) is 0 Å². The van der Waals surface area contributed by atoms with Crippen molar-refractivity contribution < 1.29 is 0 Å². The Morgan fingerprint density at radius 1 is 1.13 bits per heavy atom. The third kappa shape index (κ3) is 3.07. The van der Waals surface area contributed by atoms with Gasteiger partial charge in [0.05, 0.1) is 0 Å². The van der Waals surface area contributed by atoms with E-state index >= 15 is 0 Å². The first-order valence-electron chi connectivity index (χ1n) is 6.63. The van der Waals surface area contributed by atoms with Gasteiger partial charge in [-0.05, 0) is 70.5 Å². The molecule has 2 aliphatic rings. The molecule has 1 atom stereocenters. The predicted octanol–water partition coefficient (Wildman–Crippen LogP) is 3.46. The van der Waals surface area contributed by atoms with Gasteiger partial charge in [-0.15, -0.1) is 0 Å². The zero-order valence-electron chi connectivity index (χ0n) is 10.3. The molecule has 2 rings (SSSR count). The van der Waals surface area contributed by atoms with Crippen LogP contribution in [0.4, 0.5) is 0 Å². The second kappa shape index (κ2) is 5.16. The highest BCUT2D eigenvalue weighted by Crippen LogP contribution is 2.32. The van der Waals surface area contributed by atoms with E-state index in [4.69, 9.17) is 0 Å². The monoisotopic (exact) mass is 207 g/mol. The van der Waals surface area contributed by atoms with E-state index in [2.05, 4.69) is 24.9 Å². The Kier molecular flexibility index (Phi) is 3.85. The zero-order valence-corrected chi connectivity index (χ0v) is 10.3. The normalized spacial score (nSPS) is 31.1. The number of nitrogens with zero attached hydrogens (tertiary/aromatic N) is 1. The summed E-state index contributed by atoms with van der Waals surface area (Å²) in [4.78, 5) is 2.47. The summed E-state index contributed by atoms with van der Waals surface area (Å²) in [6, 6.07) is 0. The molecular weight excluding hydrogens is 182 g/mol. The third-order valence-corrected chi connectivity index (χ3v) is 4.23. The topological polar surface area (TPSA) is 3.24 Å². The van der Waals surface area contributed by atoms with Crippen molar-refractivity contribution in [1.29, 1.82) is 0 Å². The summed E-state index contributed by atoms with van der Waals surface area (Å²) in [7, 11) is 2.25. The first-order chi connectivity index (χ1) is 7.25. The molecule has 0 spiro atoms. The molecule has 1 heterocycles. The average Bonchev–Trinajstić information content (AvgIpc) is 2.44. The van der Waals surface area contributed by atoms with Gasteiger partial charge in [0.1, 0.15) is 0 Å². The van der Waals surface area contributed by atoms with Gasteiger partial charge in [-0.2, -0.15) is 0 Å². The largest absolute Gasteiger partial charge is 0.306 e. The van der Waals surface area contributed by atoms with E-state index in [1.54, 1.807) is 5.57 Å². The van der Waals surface area contributed by atoms with Gasteiger partial charge >= 0.3 is 0 Å². The van der Waals surface area contributed by atoms with E-state index in [1.165, 1.54) is 51.6 Å². The molecule has 0 aromatic carbocycles. The second-order valence-electron chi connectivity index (χ2n) is 5.58. The van der Waals surface area contributed by atoms with E-state index in [9.17, 15) is 0 Å². The van der Waals surface area contributed by atoms with Crippen molar-refractivity contribution in [2.45, 2.75) is 45.4 Å². The third-order valence-electron chi connectivity index (χ3n) is 4.23. The minimum atomic E-state index is 0.923. The maximum absolute atomic E-state index is 2.57. The summed E-state index contributed by atoms with van der Waals surface area (Å²) in [5.74, 6) is 1.87. The van der Waals surface area contributed by atoms with E-state index < -0.39 is 0 Å². The van der Waals surface area contributed by atoms with Crippen LogP contribution in [0.15, 0.2) is 11.6 Å². The van der Waals surface area contributed by atoms with Crippen molar-refractivity contribution in [3.63, 3.8) is 0 Å². The number of allylic oxidation sites excluding steroid dienone is 2. The molecule has 0 saturated carbocycles. The first kappa shape index (κ1) is 11.2. The molecule has 1 saturated heterocycles. The van der Waals surface area contributed by atoms with Crippen LogP contribution in [-0.4, -0.2) is 25.0 Å². The molecule has 1 nitrogen and oxygen atoms in total. The second-order valence-corrected chi connectivity index (χ2v) is 5.58. The van der Waals surface area contributed by atoms with Gasteiger partial charge in [-0.3, -0.25) is 0 Å². The van der Waals surface area contributed by atoms with E-state index in [0.29, 0.717) is 0 Å². The van der Waals surface area contributed by atoms with E-state index in [0.717, 1.165) is 11.8 Å². The highest BCUT2D eigenvalue weighted by molar-refractivity contribution is 5.09. The standard InChI is InChI=1S/C14H25N/c1-12-4-3-5-13(7-6-12)14-8-10-15(2)11-9-14/h5,12,14H,3-4,6-11H2,1-2H3. The molecule has 1 fully saturated rings. The van der Waals surface area contributed by atoms with Crippen molar-refractivity contribution >= 4 is 0 Å². The van der Waals surface area contributed by atoms with Crippen molar-refractivity contribution in [3.8, 4) is 0 Å². The summed E-state index contributed by atoms with van der Waals surface area (Å²) >= 11 is 0. The van der Waals surface area contributed by atoms with Crippen molar-refractivity contribution in [2.75, 3.05) is 20.1 Å². The number of piperidine rings is 1. The highest BCUT2D eigenvalue weighted by Gasteiger charge is 2.21. The smallest absolute Gasteiger partial charge is 0.00161 e. The quantitative estimate of drug-likeness (QED) is 0.595. The molecule has 86 valence electrons. The van der Waals surface area contributed by atoms with Crippen LogP contribution in [0.2, 0.25) is 0 Å². The Morgan fingerprint density at radius 2 is 1.87 bits per heavy atom. The van der Waals surface area contributed by atoms with Gasteiger partial charge in [0.15, 0.2) is 0 Å². The fourth-order valence-corrected chi connectivity index (χ4v) is 2.96. The molecule has 0 amide bonds. The Balaban J connectivity index is 1.89. The van der Waals surface area contributed by atoms with Crippen LogP contribution in [0.3, 0.4) is 0 Å². The van der Waals surface area contributed by atoms with Crippen LogP contribution in [0, 0.1) is 11.8 Å². The maximum atomic E-state index is 2.57. The molecule has 1 aliphatic heterocycles. The summed E-state index contributed by atoms with van der Waals surface area (Å²) < 4.78 is 0. The Labute approximate surface area is 94.5 Å². The lowest BCUT2D eigenvalue weighted by atomic mass is 9.86. The fourth-order valence-electron chi connectivity index (χ4n) is 2.96. The average molecular weight is 207 g/mol. The Morgan fingerprint density at radius 3 is 2.60 bits per heavy atom. The molecule has 0 radical (unpaired) electrons. The van der Waals surface area contributed by atoms with Gasteiger partial charge in [0.2, 0.25) is 0 Å². The van der Waals surface area contributed by atoms with Crippen LogP contribution >= 0.6 is 0 Å². The molecule has 0 aromatic heterocycles. The molecule has 0 N–H and O–H groups in total. The molecule has 0 aromatic rings.